The van der Waals surface area contributed by atoms with Gasteiger partial charge in [-0.2, -0.15) is 13.2 Å². The molecule has 4 rings (SSSR count). The average Bonchev–Trinajstić information content (AvgIpc) is 2.85. The van der Waals surface area contributed by atoms with Gasteiger partial charge >= 0.3 is 6.18 Å². The molecule has 2 bridgehead atoms. The number of fused-ring (bicyclic) bond motifs is 2. The van der Waals surface area contributed by atoms with Crippen LogP contribution in [0.2, 0.25) is 0 Å². The third-order valence-corrected chi connectivity index (χ3v) is 5.94. The number of alkyl halides is 3. The summed E-state index contributed by atoms with van der Waals surface area (Å²) in [7, 11) is 0. The Labute approximate surface area is 155 Å². The van der Waals surface area contributed by atoms with Gasteiger partial charge in [0, 0.05) is 18.6 Å². The summed E-state index contributed by atoms with van der Waals surface area (Å²) in [5.41, 5.74) is -1.15. The van der Waals surface area contributed by atoms with Crippen molar-refractivity contribution in [3.05, 3.63) is 71.0 Å². The third-order valence-electron chi connectivity index (χ3n) is 5.94. The number of benzene rings is 2. The molecule has 2 atom stereocenters. The van der Waals surface area contributed by atoms with Crippen LogP contribution < -0.4 is 0 Å². The Morgan fingerprint density at radius 1 is 1.00 bits per heavy atom. The zero-order valence-electron chi connectivity index (χ0n) is 14.7. The number of rotatable bonds is 3. The molecule has 0 aliphatic carbocycles. The lowest BCUT2D eigenvalue weighted by atomic mass is 9.80. The Bertz CT molecular complexity index is 807. The SMILES string of the molecule is OC1(c2ccc(C(F)(F)F)c(F)c2)CC2CCC(C1)N2Cc1ccccc1. The molecular formula is C21H21F4NO. The maximum absolute atomic E-state index is 14.0. The van der Waals surface area contributed by atoms with Gasteiger partial charge in [-0.25, -0.2) is 4.39 Å². The van der Waals surface area contributed by atoms with Gasteiger partial charge in [0.1, 0.15) is 5.82 Å². The maximum Gasteiger partial charge on any atom is 0.419 e. The van der Waals surface area contributed by atoms with Gasteiger partial charge in [0.15, 0.2) is 0 Å². The van der Waals surface area contributed by atoms with Crippen molar-refractivity contribution >= 4 is 0 Å². The lowest BCUT2D eigenvalue weighted by Crippen LogP contribution is -2.49. The predicted octanol–water partition coefficient (Wildman–Crippen LogP) is 4.86. The first-order valence-corrected chi connectivity index (χ1v) is 9.15. The lowest BCUT2D eigenvalue weighted by Gasteiger charge is -2.44. The second-order valence-electron chi connectivity index (χ2n) is 7.68. The van der Waals surface area contributed by atoms with E-state index >= 15 is 0 Å². The van der Waals surface area contributed by atoms with Crippen molar-refractivity contribution in [1.82, 2.24) is 4.90 Å². The van der Waals surface area contributed by atoms with E-state index in [1.807, 2.05) is 18.2 Å². The summed E-state index contributed by atoms with van der Waals surface area (Å²) >= 11 is 0. The molecule has 27 heavy (non-hydrogen) atoms. The highest BCUT2D eigenvalue weighted by molar-refractivity contribution is 5.32. The Morgan fingerprint density at radius 3 is 2.19 bits per heavy atom. The Kier molecular flexibility index (Phi) is 4.51. The quantitative estimate of drug-likeness (QED) is 0.770. The van der Waals surface area contributed by atoms with Crippen LogP contribution in [0.1, 0.15) is 42.4 Å². The van der Waals surface area contributed by atoms with Crippen LogP contribution in [-0.4, -0.2) is 22.1 Å². The summed E-state index contributed by atoms with van der Waals surface area (Å²) in [5.74, 6) is -1.33. The van der Waals surface area contributed by atoms with Crippen LogP contribution in [0.5, 0.6) is 0 Å². The second kappa shape index (κ2) is 6.60. The van der Waals surface area contributed by atoms with Crippen molar-refractivity contribution in [2.24, 2.45) is 0 Å². The molecule has 6 heteroatoms. The topological polar surface area (TPSA) is 23.5 Å². The minimum atomic E-state index is -4.73. The van der Waals surface area contributed by atoms with Gasteiger partial charge in [0.05, 0.1) is 11.2 Å². The molecule has 144 valence electrons. The van der Waals surface area contributed by atoms with Crippen molar-refractivity contribution in [2.75, 3.05) is 0 Å². The Balaban J connectivity index is 1.56. The molecule has 1 N–H and O–H groups in total. The van der Waals surface area contributed by atoms with E-state index in [2.05, 4.69) is 17.0 Å². The zero-order valence-corrected chi connectivity index (χ0v) is 14.7. The molecule has 2 nitrogen and oxygen atoms in total. The van der Waals surface area contributed by atoms with Crippen molar-refractivity contribution in [1.29, 1.82) is 0 Å². The summed E-state index contributed by atoms with van der Waals surface area (Å²) in [6, 6.07) is 13.2. The molecule has 0 saturated carbocycles. The Hall–Kier alpha value is -1.92. The molecule has 2 aliphatic rings. The fraction of sp³-hybridized carbons (Fsp3) is 0.429. The normalized spacial score (nSPS) is 28.5. The van der Waals surface area contributed by atoms with Crippen LogP contribution in [0.3, 0.4) is 0 Å². The molecule has 0 amide bonds. The standard InChI is InChI=1S/C21H21F4NO/c22-19-10-15(6-9-18(19)21(23,24)25)20(27)11-16-7-8-17(12-20)26(16)13-14-4-2-1-3-5-14/h1-6,9-10,16-17,27H,7-8,11-13H2. The van der Waals surface area contributed by atoms with Crippen LogP contribution in [-0.2, 0) is 18.3 Å². The van der Waals surface area contributed by atoms with E-state index < -0.39 is 23.2 Å². The van der Waals surface area contributed by atoms with E-state index in [9.17, 15) is 22.7 Å². The predicted molar refractivity (Wildman–Crippen MR) is 93.3 cm³/mol. The highest BCUT2D eigenvalue weighted by atomic mass is 19.4. The van der Waals surface area contributed by atoms with Gasteiger partial charge in [-0.05, 0) is 48.9 Å². The van der Waals surface area contributed by atoms with Crippen molar-refractivity contribution in [3.63, 3.8) is 0 Å². The fourth-order valence-electron chi connectivity index (χ4n) is 4.64. The van der Waals surface area contributed by atoms with Gasteiger partial charge in [0.2, 0.25) is 0 Å². The van der Waals surface area contributed by atoms with Gasteiger partial charge < -0.3 is 5.11 Å². The molecule has 2 aliphatic heterocycles. The molecule has 2 aromatic rings. The molecule has 2 aromatic carbocycles. The second-order valence-corrected chi connectivity index (χ2v) is 7.68. The molecule has 2 saturated heterocycles. The number of piperidine rings is 1. The van der Waals surface area contributed by atoms with E-state index in [0.29, 0.717) is 12.8 Å². The van der Waals surface area contributed by atoms with Crippen molar-refractivity contribution < 1.29 is 22.7 Å². The van der Waals surface area contributed by atoms with Gasteiger partial charge in [-0.3, -0.25) is 4.90 Å². The first-order valence-electron chi connectivity index (χ1n) is 9.15. The highest BCUT2D eigenvalue weighted by Gasteiger charge is 2.48. The van der Waals surface area contributed by atoms with Crippen molar-refractivity contribution in [3.8, 4) is 0 Å². The van der Waals surface area contributed by atoms with Gasteiger partial charge in [-0.1, -0.05) is 36.4 Å². The van der Waals surface area contributed by atoms with E-state index in [4.69, 9.17) is 0 Å². The van der Waals surface area contributed by atoms with Gasteiger partial charge in [0.25, 0.3) is 0 Å². The first kappa shape index (κ1) is 18.4. The third kappa shape index (κ3) is 3.48. The Morgan fingerprint density at radius 2 is 1.63 bits per heavy atom. The highest BCUT2D eigenvalue weighted by Crippen LogP contribution is 2.47. The average molecular weight is 379 g/mol. The first-order chi connectivity index (χ1) is 12.8. The summed E-state index contributed by atoms with van der Waals surface area (Å²) < 4.78 is 52.4. The lowest BCUT2D eigenvalue weighted by molar-refractivity contribution is -0.140. The van der Waals surface area contributed by atoms with Crippen LogP contribution in [0.4, 0.5) is 17.6 Å². The summed E-state index contributed by atoms with van der Waals surface area (Å²) in [5, 5.41) is 11.2. The minimum absolute atomic E-state index is 0.138. The van der Waals surface area contributed by atoms with Gasteiger partial charge in [-0.15, -0.1) is 0 Å². The van der Waals surface area contributed by atoms with Crippen LogP contribution in [0, 0.1) is 5.82 Å². The van der Waals surface area contributed by atoms with Crippen LogP contribution in [0.15, 0.2) is 48.5 Å². The molecule has 2 heterocycles. The van der Waals surface area contributed by atoms with Crippen molar-refractivity contribution in [2.45, 2.75) is 56.1 Å². The largest absolute Gasteiger partial charge is 0.419 e. The summed E-state index contributed by atoms with van der Waals surface area (Å²) in [6.45, 7) is 0.785. The molecule has 2 fully saturated rings. The monoisotopic (exact) mass is 379 g/mol. The molecule has 2 unspecified atom stereocenters. The molecule has 0 spiro atoms. The van der Waals surface area contributed by atoms with E-state index in [1.54, 1.807) is 0 Å². The number of nitrogens with zero attached hydrogens (tertiary/aromatic N) is 1. The smallest absolute Gasteiger partial charge is 0.385 e. The van der Waals surface area contributed by atoms with E-state index in [0.717, 1.165) is 31.5 Å². The number of hydrogen-bond acceptors (Lipinski definition) is 2. The van der Waals surface area contributed by atoms with E-state index in [1.165, 1.54) is 11.6 Å². The molecular weight excluding hydrogens is 358 g/mol. The number of halogens is 4. The molecule has 0 aromatic heterocycles. The number of hydrogen-bond donors (Lipinski definition) is 1. The fourth-order valence-corrected chi connectivity index (χ4v) is 4.64. The van der Waals surface area contributed by atoms with Crippen LogP contribution in [0.25, 0.3) is 0 Å². The minimum Gasteiger partial charge on any atom is -0.385 e. The summed E-state index contributed by atoms with van der Waals surface area (Å²) in [6.07, 6.45) is -2.06. The molecule has 0 radical (unpaired) electrons. The summed E-state index contributed by atoms with van der Waals surface area (Å²) in [4.78, 5) is 2.37. The number of aliphatic hydroxyl groups is 1. The van der Waals surface area contributed by atoms with Crippen LogP contribution >= 0.6 is 0 Å². The zero-order chi connectivity index (χ0) is 19.2. The van der Waals surface area contributed by atoms with E-state index in [-0.39, 0.29) is 17.6 Å². The maximum atomic E-state index is 14.0.